The lowest BCUT2D eigenvalue weighted by Crippen LogP contribution is -2.20. The number of benzene rings is 2. The Hall–Kier alpha value is -2.46. The van der Waals surface area contributed by atoms with Gasteiger partial charge in [-0.25, -0.2) is 0 Å². The molecular formula is C17H14N2OS. The largest absolute Gasteiger partial charge is 0.389 e. The van der Waals surface area contributed by atoms with Crippen LogP contribution in [0.15, 0.2) is 65.6 Å². The Balaban J connectivity index is 1.96. The lowest BCUT2D eigenvalue weighted by molar-refractivity contribution is 0.768. The number of aromatic nitrogens is 1. The van der Waals surface area contributed by atoms with E-state index in [1.807, 2.05) is 60.8 Å². The summed E-state index contributed by atoms with van der Waals surface area (Å²) in [5, 5.41) is 1.70. The molecule has 0 radical (unpaired) electrons. The summed E-state index contributed by atoms with van der Waals surface area (Å²) >= 11 is 4.93. The van der Waals surface area contributed by atoms with E-state index in [9.17, 15) is 4.79 Å². The minimum absolute atomic E-state index is 0.0199. The summed E-state index contributed by atoms with van der Waals surface area (Å²) in [5.74, 6) is 0. The van der Waals surface area contributed by atoms with E-state index in [1.165, 1.54) is 0 Å². The van der Waals surface area contributed by atoms with Crippen LogP contribution in [0, 0.1) is 0 Å². The molecule has 0 aliphatic heterocycles. The van der Waals surface area contributed by atoms with Gasteiger partial charge in [0.1, 0.15) is 4.99 Å². The molecule has 0 fully saturated rings. The molecule has 3 nitrogen and oxygen atoms in total. The van der Waals surface area contributed by atoms with Gasteiger partial charge in [0.25, 0.3) is 5.56 Å². The van der Waals surface area contributed by atoms with Crippen LogP contribution < -0.4 is 11.3 Å². The van der Waals surface area contributed by atoms with E-state index in [0.717, 1.165) is 21.9 Å². The van der Waals surface area contributed by atoms with Crippen LogP contribution in [0.5, 0.6) is 0 Å². The van der Waals surface area contributed by atoms with Gasteiger partial charge in [0.15, 0.2) is 0 Å². The van der Waals surface area contributed by atoms with Crippen LogP contribution >= 0.6 is 12.2 Å². The maximum Gasteiger partial charge on any atom is 0.258 e. The van der Waals surface area contributed by atoms with Crippen LogP contribution in [-0.4, -0.2) is 9.56 Å². The number of pyridine rings is 1. The van der Waals surface area contributed by atoms with E-state index in [-0.39, 0.29) is 5.56 Å². The minimum Gasteiger partial charge on any atom is -0.389 e. The molecule has 104 valence electrons. The molecule has 4 heteroatoms. The quantitative estimate of drug-likeness (QED) is 0.756. The molecule has 1 aromatic heterocycles. The second-order valence-corrected chi connectivity index (χ2v) is 5.34. The van der Waals surface area contributed by atoms with E-state index >= 15 is 0 Å². The first-order valence-electron chi connectivity index (χ1n) is 6.62. The molecule has 0 bridgehead atoms. The highest BCUT2D eigenvalue weighted by molar-refractivity contribution is 7.80. The number of fused-ring (bicyclic) bond motifs is 1. The summed E-state index contributed by atoms with van der Waals surface area (Å²) in [6.45, 7) is 0.529. The van der Waals surface area contributed by atoms with E-state index < -0.39 is 0 Å². The number of hydrogen-bond acceptors (Lipinski definition) is 2. The summed E-state index contributed by atoms with van der Waals surface area (Å²) in [6.07, 6.45) is 1.83. The van der Waals surface area contributed by atoms with Crippen molar-refractivity contribution >= 4 is 28.0 Å². The predicted octanol–water partition coefficient (Wildman–Crippen LogP) is 2.68. The van der Waals surface area contributed by atoms with Crippen molar-refractivity contribution in [1.82, 2.24) is 4.57 Å². The molecule has 0 unspecified atom stereocenters. The number of nitrogens with zero attached hydrogens (tertiary/aromatic N) is 1. The normalized spacial score (nSPS) is 10.7. The number of thiocarbonyl (C=S) groups is 1. The molecule has 1 heterocycles. The van der Waals surface area contributed by atoms with Crippen LogP contribution in [0.4, 0.5) is 0 Å². The van der Waals surface area contributed by atoms with Crippen LogP contribution in [0.25, 0.3) is 10.8 Å². The summed E-state index contributed by atoms with van der Waals surface area (Å²) in [5.41, 5.74) is 7.47. The van der Waals surface area contributed by atoms with Crippen molar-refractivity contribution in [3.63, 3.8) is 0 Å². The fourth-order valence-corrected chi connectivity index (χ4v) is 2.46. The average molecular weight is 294 g/mol. The summed E-state index contributed by atoms with van der Waals surface area (Å²) in [4.78, 5) is 12.8. The molecule has 0 atom stereocenters. The molecular weight excluding hydrogens is 280 g/mol. The van der Waals surface area contributed by atoms with Gasteiger partial charge in [-0.3, -0.25) is 4.79 Å². The zero-order valence-electron chi connectivity index (χ0n) is 11.3. The number of rotatable bonds is 3. The third-order valence-electron chi connectivity index (χ3n) is 3.48. The molecule has 0 saturated heterocycles. The third-order valence-corrected chi connectivity index (χ3v) is 3.71. The lowest BCUT2D eigenvalue weighted by atomic mass is 10.1. The summed E-state index contributed by atoms with van der Waals surface area (Å²) in [7, 11) is 0. The highest BCUT2D eigenvalue weighted by Crippen LogP contribution is 2.10. The SMILES string of the molecule is NC(=S)c1ccc(Cn2ccc3ccccc3c2=O)cc1. The van der Waals surface area contributed by atoms with Crippen molar-refractivity contribution in [2.75, 3.05) is 0 Å². The maximum atomic E-state index is 12.4. The standard InChI is InChI=1S/C17H14N2OS/c18-16(21)14-7-5-12(6-8-14)11-19-10-9-13-3-1-2-4-15(13)17(19)20/h1-10H,11H2,(H2,18,21). The second-order valence-electron chi connectivity index (χ2n) is 4.90. The fourth-order valence-electron chi connectivity index (χ4n) is 2.33. The number of hydrogen-bond donors (Lipinski definition) is 1. The van der Waals surface area contributed by atoms with Gasteiger partial charge in [0.2, 0.25) is 0 Å². The topological polar surface area (TPSA) is 48.0 Å². The molecule has 2 aromatic carbocycles. The highest BCUT2D eigenvalue weighted by atomic mass is 32.1. The molecule has 21 heavy (non-hydrogen) atoms. The molecule has 2 N–H and O–H groups in total. The smallest absolute Gasteiger partial charge is 0.258 e. The maximum absolute atomic E-state index is 12.4. The van der Waals surface area contributed by atoms with Crippen molar-refractivity contribution < 1.29 is 0 Å². The highest BCUT2D eigenvalue weighted by Gasteiger charge is 2.03. The molecule has 0 amide bonds. The van der Waals surface area contributed by atoms with E-state index in [0.29, 0.717) is 11.5 Å². The molecule has 3 aromatic rings. The monoisotopic (exact) mass is 294 g/mol. The third kappa shape index (κ3) is 2.71. The van der Waals surface area contributed by atoms with Gasteiger partial charge in [-0.15, -0.1) is 0 Å². The molecule has 0 saturated carbocycles. The van der Waals surface area contributed by atoms with Crippen LogP contribution in [0.1, 0.15) is 11.1 Å². The van der Waals surface area contributed by atoms with Crippen LogP contribution in [0.2, 0.25) is 0 Å². The molecule has 0 aliphatic rings. The van der Waals surface area contributed by atoms with Crippen molar-refractivity contribution in [2.24, 2.45) is 5.73 Å². The molecule has 0 aliphatic carbocycles. The Morgan fingerprint density at radius 2 is 1.76 bits per heavy atom. The van der Waals surface area contributed by atoms with Crippen molar-refractivity contribution in [3.8, 4) is 0 Å². The van der Waals surface area contributed by atoms with Gasteiger partial charge in [-0.05, 0) is 23.1 Å². The Labute approximate surface area is 127 Å². The molecule has 3 rings (SSSR count). The van der Waals surface area contributed by atoms with Crippen molar-refractivity contribution in [3.05, 3.63) is 82.3 Å². The Morgan fingerprint density at radius 3 is 2.48 bits per heavy atom. The molecule has 0 spiro atoms. The van der Waals surface area contributed by atoms with E-state index in [2.05, 4.69) is 0 Å². The zero-order valence-corrected chi connectivity index (χ0v) is 12.1. The van der Waals surface area contributed by atoms with E-state index in [1.54, 1.807) is 4.57 Å². The van der Waals surface area contributed by atoms with Crippen LogP contribution in [-0.2, 0) is 6.54 Å². The predicted molar refractivity (Wildman–Crippen MR) is 89.6 cm³/mol. The van der Waals surface area contributed by atoms with Gasteiger partial charge < -0.3 is 10.3 Å². The zero-order chi connectivity index (χ0) is 14.8. The first-order valence-corrected chi connectivity index (χ1v) is 7.03. The van der Waals surface area contributed by atoms with Crippen molar-refractivity contribution in [1.29, 1.82) is 0 Å². The van der Waals surface area contributed by atoms with Crippen LogP contribution in [0.3, 0.4) is 0 Å². The second kappa shape index (κ2) is 5.50. The minimum atomic E-state index is 0.0199. The number of nitrogens with two attached hydrogens (primary N) is 1. The Bertz CT molecular complexity index is 866. The first-order chi connectivity index (χ1) is 10.1. The fraction of sp³-hybridized carbons (Fsp3) is 0.0588. The summed E-state index contributed by atoms with van der Waals surface area (Å²) in [6, 6.07) is 17.2. The van der Waals surface area contributed by atoms with Gasteiger partial charge in [-0.2, -0.15) is 0 Å². The Morgan fingerprint density at radius 1 is 1.05 bits per heavy atom. The average Bonchev–Trinajstić information content (AvgIpc) is 2.51. The van der Waals surface area contributed by atoms with Gasteiger partial charge in [0.05, 0.1) is 6.54 Å². The van der Waals surface area contributed by atoms with Gasteiger partial charge in [-0.1, -0.05) is 54.7 Å². The lowest BCUT2D eigenvalue weighted by Gasteiger charge is -2.08. The summed E-state index contributed by atoms with van der Waals surface area (Å²) < 4.78 is 1.71. The Kier molecular flexibility index (Phi) is 3.54. The van der Waals surface area contributed by atoms with Gasteiger partial charge in [0, 0.05) is 17.1 Å². The first kappa shape index (κ1) is 13.5. The van der Waals surface area contributed by atoms with E-state index in [4.69, 9.17) is 18.0 Å². The van der Waals surface area contributed by atoms with Crippen molar-refractivity contribution in [2.45, 2.75) is 6.54 Å². The van der Waals surface area contributed by atoms with Gasteiger partial charge >= 0.3 is 0 Å².